The summed E-state index contributed by atoms with van der Waals surface area (Å²) in [5.41, 5.74) is 7.98. The van der Waals surface area contributed by atoms with Gasteiger partial charge in [-0.25, -0.2) is 0 Å². The zero-order valence-corrected chi connectivity index (χ0v) is 12.0. The molecule has 0 saturated heterocycles. The van der Waals surface area contributed by atoms with Crippen molar-refractivity contribution >= 4 is 22.7 Å². The quantitative estimate of drug-likeness (QED) is 0.575. The molecule has 0 aliphatic heterocycles. The summed E-state index contributed by atoms with van der Waals surface area (Å²) in [7, 11) is 0. The Labute approximate surface area is 123 Å². The van der Waals surface area contributed by atoms with Crippen molar-refractivity contribution in [3.8, 4) is 0 Å². The van der Waals surface area contributed by atoms with Gasteiger partial charge in [-0.1, -0.05) is 18.2 Å². The van der Waals surface area contributed by atoms with Crippen LogP contribution >= 0.6 is 0 Å². The van der Waals surface area contributed by atoms with Gasteiger partial charge in [-0.15, -0.1) is 0 Å². The first-order valence-corrected chi connectivity index (χ1v) is 6.90. The minimum Gasteiger partial charge on any atom is -0.361 e. The molecule has 1 heterocycles. The third-order valence-electron chi connectivity index (χ3n) is 3.25. The normalized spacial score (nSPS) is 12.1. The zero-order chi connectivity index (χ0) is 15.2. The molecule has 0 unspecified atom stereocenters. The SMILES string of the molecule is CC(=O)NCCNC(=O)[C@@H](N)Cc1c[nH]c2ccccc12. The lowest BCUT2D eigenvalue weighted by atomic mass is 10.1. The van der Waals surface area contributed by atoms with Gasteiger partial charge in [0.2, 0.25) is 11.8 Å². The van der Waals surface area contributed by atoms with Crippen LogP contribution < -0.4 is 16.4 Å². The smallest absolute Gasteiger partial charge is 0.237 e. The number of benzene rings is 1. The van der Waals surface area contributed by atoms with E-state index < -0.39 is 6.04 Å². The van der Waals surface area contributed by atoms with Crippen molar-refractivity contribution in [3.63, 3.8) is 0 Å². The Morgan fingerprint density at radius 3 is 2.71 bits per heavy atom. The fourth-order valence-electron chi connectivity index (χ4n) is 2.19. The van der Waals surface area contributed by atoms with E-state index in [9.17, 15) is 9.59 Å². The van der Waals surface area contributed by atoms with Gasteiger partial charge in [-0.3, -0.25) is 9.59 Å². The molecule has 0 aliphatic carbocycles. The lowest BCUT2D eigenvalue weighted by Gasteiger charge is -2.12. The standard InChI is InChI=1S/C15H20N4O2/c1-10(20)17-6-7-18-15(21)13(16)8-11-9-19-14-5-3-2-4-12(11)14/h2-5,9,13,19H,6-8,16H2,1H3,(H,17,20)(H,18,21)/t13-/m0/s1. The summed E-state index contributed by atoms with van der Waals surface area (Å²) in [5, 5.41) is 6.40. The van der Waals surface area contributed by atoms with E-state index in [1.807, 2.05) is 30.5 Å². The Morgan fingerprint density at radius 2 is 1.95 bits per heavy atom. The molecule has 2 amide bonds. The van der Waals surface area contributed by atoms with Crippen LogP contribution in [0.3, 0.4) is 0 Å². The third-order valence-corrected chi connectivity index (χ3v) is 3.25. The third kappa shape index (κ3) is 4.06. The predicted molar refractivity (Wildman–Crippen MR) is 81.7 cm³/mol. The lowest BCUT2D eigenvalue weighted by Crippen LogP contribution is -2.44. The minimum atomic E-state index is -0.610. The van der Waals surface area contributed by atoms with E-state index >= 15 is 0 Å². The van der Waals surface area contributed by atoms with E-state index in [1.54, 1.807) is 0 Å². The predicted octanol–water partition coefficient (Wildman–Crippen LogP) is 0.290. The van der Waals surface area contributed by atoms with Crippen LogP contribution in [0.15, 0.2) is 30.5 Å². The van der Waals surface area contributed by atoms with E-state index in [1.165, 1.54) is 6.92 Å². The average molecular weight is 288 g/mol. The fraction of sp³-hybridized carbons (Fsp3) is 0.333. The van der Waals surface area contributed by atoms with Crippen molar-refractivity contribution in [2.45, 2.75) is 19.4 Å². The maximum absolute atomic E-state index is 11.9. The number of fused-ring (bicyclic) bond motifs is 1. The van der Waals surface area contributed by atoms with Gasteiger partial charge in [-0.2, -0.15) is 0 Å². The molecular weight excluding hydrogens is 268 g/mol. The van der Waals surface area contributed by atoms with E-state index in [0.29, 0.717) is 19.5 Å². The van der Waals surface area contributed by atoms with Crippen molar-refractivity contribution in [1.82, 2.24) is 15.6 Å². The molecule has 5 N–H and O–H groups in total. The van der Waals surface area contributed by atoms with Crippen LogP contribution in [0.4, 0.5) is 0 Å². The van der Waals surface area contributed by atoms with Crippen LogP contribution in [0, 0.1) is 0 Å². The number of rotatable bonds is 6. The van der Waals surface area contributed by atoms with Gasteiger partial charge < -0.3 is 21.4 Å². The summed E-state index contributed by atoms with van der Waals surface area (Å²) in [5.74, 6) is -0.335. The molecule has 6 nitrogen and oxygen atoms in total. The van der Waals surface area contributed by atoms with E-state index in [4.69, 9.17) is 5.73 Å². The fourth-order valence-corrected chi connectivity index (χ4v) is 2.19. The van der Waals surface area contributed by atoms with Gasteiger partial charge in [0, 0.05) is 37.1 Å². The van der Waals surface area contributed by atoms with Crippen molar-refractivity contribution in [1.29, 1.82) is 0 Å². The molecule has 21 heavy (non-hydrogen) atoms. The van der Waals surface area contributed by atoms with Crippen molar-refractivity contribution in [2.75, 3.05) is 13.1 Å². The Bertz CT molecular complexity index is 635. The molecular formula is C15H20N4O2. The molecule has 0 spiro atoms. The van der Waals surface area contributed by atoms with Crippen LogP contribution in [0.2, 0.25) is 0 Å². The molecule has 2 rings (SSSR count). The van der Waals surface area contributed by atoms with Crippen LogP contribution in [0.1, 0.15) is 12.5 Å². The number of nitrogens with two attached hydrogens (primary N) is 1. The average Bonchev–Trinajstić information content (AvgIpc) is 2.86. The summed E-state index contributed by atoms with van der Waals surface area (Å²) in [6, 6.07) is 7.29. The lowest BCUT2D eigenvalue weighted by molar-refractivity contribution is -0.123. The second kappa shape index (κ2) is 6.90. The van der Waals surface area contributed by atoms with Crippen molar-refractivity contribution < 1.29 is 9.59 Å². The summed E-state index contributed by atoms with van der Waals surface area (Å²) < 4.78 is 0. The van der Waals surface area contributed by atoms with E-state index in [0.717, 1.165) is 16.5 Å². The summed E-state index contributed by atoms with van der Waals surface area (Å²) in [6.45, 7) is 2.21. The highest BCUT2D eigenvalue weighted by Crippen LogP contribution is 2.18. The number of hydrogen-bond donors (Lipinski definition) is 4. The minimum absolute atomic E-state index is 0.118. The van der Waals surface area contributed by atoms with Gasteiger partial charge in [-0.05, 0) is 18.1 Å². The second-order valence-electron chi connectivity index (χ2n) is 4.94. The Kier molecular flexibility index (Phi) is 4.94. The molecule has 112 valence electrons. The zero-order valence-electron chi connectivity index (χ0n) is 12.0. The second-order valence-corrected chi connectivity index (χ2v) is 4.94. The number of aromatic nitrogens is 1. The van der Waals surface area contributed by atoms with Gasteiger partial charge in [0.05, 0.1) is 6.04 Å². The molecule has 0 fully saturated rings. The Balaban J connectivity index is 1.87. The van der Waals surface area contributed by atoms with Gasteiger partial charge >= 0.3 is 0 Å². The molecule has 6 heteroatoms. The maximum atomic E-state index is 11.9. The molecule has 0 aliphatic rings. The molecule has 1 aromatic heterocycles. The summed E-state index contributed by atoms with van der Waals surface area (Å²) in [6.07, 6.45) is 2.35. The van der Waals surface area contributed by atoms with Crippen LogP contribution in [0.5, 0.6) is 0 Å². The van der Waals surface area contributed by atoms with Gasteiger partial charge in [0.1, 0.15) is 0 Å². The Hall–Kier alpha value is -2.34. The van der Waals surface area contributed by atoms with Crippen molar-refractivity contribution in [3.05, 3.63) is 36.0 Å². The number of nitrogens with one attached hydrogen (secondary N) is 3. The van der Waals surface area contributed by atoms with Crippen LogP contribution in [0.25, 0.3) is 10.9 Å². The molecule has 0 radical (unpaired) electrons. The largest absolute Gasteiger partial charge is 0.361 e. The van der Waals surface area contributed by atoms with Gasteiger partial charge in [0.15, 0.2) is 0 Å². The molecule has 0 bridgehead atoms. The number of carbonyl (C=O) groups excluding carboxylic acids is 2. The molecule has 0 saturated carbocycles. The van der Waals surface area contributed by atoms with Crippen LogP contribution in [-0.4, -0.2) is 35.9 Å². The summed E-state index contributed by atoms with van der Waals surface area (Å²) in [4.78, 5) is 25.8. The molecule has 1 atom stereocenters. The maximum Gasteiger partial charge on any atom is 0.237 e. The Morgan fingerprint density at radius 1 is 1.24 bits per heavy atom. The number of H-pyrrole nitrogens is 1. The summed E-state index contributed by atoms with van der Waals surface area (Å²) >= 11 is 0. The monoisotopic (exact) mass is 288 g/mol. The first-order chi connectivity index (χ1) is 10.1. The number of aromatic amines is 1. The van der Waals surface area contributed by atoms with Gasteiger partial charge in [0.25, 0.3) is 0 Å². The molecule has 2 aromatic rings. The van der Waals surface area contributed by atoms with Crippen LogP contribution in [-0.2, 0) is 16.0 Å². The van der Waals surface area contributed by atoms with E-state index in [2.05, 4.69) is 15.6 Å². The first kappa shape index (κ1) is 15.1. The van der Waals surface area contributed by atoms with E-state index in [-0.39, 0.29) is 11.8 Å². The first-order valence-electron chi connectivity index (χ1n) is 6.90. The highest BCUT2D eigenvalue weighted by Gasteiger charge is 2.15. The number of amides is 2. The van der Waals surface area contributed by atoms with Crippen molar-refractivity contribution in [2.24, 2.45) is 5.73 Å². The molecule has 1 aromatic carbocycles. The number of para-hydroxylation sites is 1. The topological polar surface area (TPSA) is 100 Å². The highest BCUT2D eigenvalue weighted by atomic mass is 16.2. The number of hydrogen-bond acceptors (Lipinski definition) is 3. The number of carbonyl (C=O) groups is 2. The highest BCUT2D eigenvalue weighted by molar-refractivity contribution is 5.86.